The zero-order chi connectivity index (χ0) is 14.0. The lowest BCUT2D eigenvalue weighted by Gasteiger charge is -2.35. The monoisotopic (exact) mass is 394 g/mol. The summed E-state index contributed by atoms with van der Waals surface area (Å²) in [6.07, 6.45) is 0.880. The predicted molar refractivity (Wildman–Crippen MR) is 84.2 cm³/mol. The molecule has 1 aliphatic heterocycles. The molecular formula is C13H19IN2O2S. The van der Waals surface area contributed by atoms with Gasteiger partial charge in [0.05, 0.1) is 4.90 Å². The van der Waals surface area contributed by atoms with Crippen LogP contribution in [0.15, 0.2) is 29.2 Å². The van der Waals surface area contributed by atoms with Gasteiger partial charge in [-0.05, 0) is 71.7 Å². The van der Waals surface area contributed by atoms with Crippen molar-refractivity contribution in [2.24, 2.45) is 17.6 Å². The molecule has 106 valence electrons. The number of rotatable bonds is 3. The molecule has 0 aromatic heterocycles. The SMILES string of the molecule is CC1CCN(S(=O)(=O)c2ccc(I)cc2)CC1CN. The van der Waals surface area contributed by atoms with Gasteiger partial charge in [0.25, 0.3) is 0 Å². The fourth-order valence-electron chi connectivity index (χ4n) is 2.40. The molecule has 2 N–H and O–H groups in total. The normalized spacial score (nSPS) is 25.4. The Bertz CT molecular complexity index is 530. The smallest absolute Gasteiger partial charge is 0.243 e. The molecule has 1 heterocycles. The highest BCUT2D eigenvalue weighted by Crippen LogP contribution is 2.27. The Morgan fingerprint density at radius 3 is 2.58 bits per heavy atom. The van der Waals surface area contributed by atoms with Gasteiger partial charge in [-0.1, -0.05) is 6.92 Å². The molecule has 0 radical (unpaired) electrons. The predicted octanol–water partition coefficient (Wildman–Crippen LogP) is 1.90. The van der Waals surface area contributed by atoms with Crippen LogP contribution in [-0.4, -0.2) is 32.4 Å². The largest absolute Gasteiger partial charge is 0.330 e. The first-order valence-electron chi connectivity index (χ1n) is 6.41. The van der Waals surface area contributed by atoms with E-state index in [4.69, 9.17) is 5.73 Å². The summed E-state index contributed by atoms with van der Waals surface area (Å²) in [4.78, 5) is 0.373. The van der Waals surface area contributed by atoms with E-state index >= 15 is 0 Å². The summed E-state index contributed by atoms with van der Waals surface area (Å²) in [5.41, 5.74) is 5.74. The van der Waals surface area contributed by atoms with Crippen LogP contribution in [0.3, 0.4) is 0 Å². The molecule has 2 atom stereocenters. The van der Waals surface area contributed by atoms with Crippen molar-refractivity contribution >= 4 is 32.6 Å². The first-order valence-corrected chi connectivity index (χ1v) is 8.93. The molecule has 4 nitrogen and oxygen atoms in total. The highest BCUT2D eigenvalue weighted by molar-refractivity contribution is 14.1. The van der Waals surface area contributed by atoms with Crippen LogP contribution >= 0.6 is 22.6 Å². The molecule has 1 aromatic rings. The molecule has 2 rings (SSSR count). The van der Waals surface area contributed by atoms with Crippen LogP contribution in [0.2, 0.25) is 0 Å². The van der Waals surface area contributed by atoms with Crippen molar-refractivity contribution in [1.29, 1.82) is 0 Å². The van der Waals surface area contributed by atoms with Gasteiger partial charge < -0.3 is 5.73 Å². The highest BCUT2D eigenvalue weighted by Gasteiger charge is 2.32. The summed E-state index contributed by atoms with van der Waals surface area (Å²) >= 11 is 2.17. The molecule has 1 fully saturated rings. The van der Waals surface area contributed by atoms with Gasteiger partial charge in [0, 0.05) is 16.7 Å². The Balaban J connectivity index is 2.23. The first-order chi connectivity index (χ1) is 8.95. The third-order valence-corrected chi connectivity index (χ3v) is 6.43. The van der Waals surface area contributed by atoms with Crippen molar-refractivity contribution in [2.75, 3.05) is 19.6 Å². The summed E-state index contributed by atoms with van der Waals surface area (Å²) in [5.74, 6) is 0.751. The van der Waals surface area contributed by atoms with Gasteiger partial charge in [0.15, 0.2) is 0 Å². The number of hydrogen-bond acceptors (Lipinski definition) is 3. The number of hydrogen-bond donors (Lipinski definition) is 1. The average Bonchev–Trinajstić information content (AvgIpc) is 2.39. The van der Waals surface area contributed by atoms with E-state index in [1.165, 1.54) is 0 Å². The number of nitrogens with two attached hydrogens (primary N) is 1. The van der Waals surface area contributed by atoms with E-state index in [1.54, 1.807) is 16.4 Å². The fourth-order valence-corrected chi connectivity index (χ4v) is 4.27. The maximum atomic E-state index is 12.5. The van der Waals surface area contributed by atoms with E-state index in [0.717, 1.165) is 9.99 Å². The van der Waals surface area contributed by atoms with Gasteiger partial charge in [-0.2, -0.15) is 4.31 Å². The van der Waals surface area contributed by atoms with Crippen LogP contribution in [0.25, 0.3) is 0 Å². The Kier molecular flexibility index (Phi) is 4.86. The third kappa shape index (κ3) is 3.29. The van der Waals surface area contributed by atoms with Gasteiger partial charge in [-0.15, -0.1) is 0 Å². The summed E-state index contributed by atoms with van der Waals surface area (Å²) < 4.78 is 27.7. The maximum absolute atomic E-state index is 12.5. The molecule has 6 heteroatoms. The Morgan fingerprint density at radius 2 is 2.00 bits per heavy atom. The second-order valence-corrected chi connectivity index (χ2v) is 8.26. The lowest BCUT2D eigenvalue weighted by atomic mass is 9.88. The van der Waals surface area contributed by atoms with Gasteiger partial charge in [-0.3, -0.25) is 0 Å². The molecule has 1 aromatic carbocycles. The Labute approximate surface area is 128 Å². The fraction of sp³-hybridized carbons (Fsp3) is 0.538. The van der Waals surface area contributed by atoms with Crippen LogP contribution in [0.4, 0.5) is 0 Å². The van der Waals surface area contributed by atoms with Crippen molar-refractivity contribution < 1.29 is 8.42 Å². The van der Waals surface area contributed by atoms with Gasteiger partial charge in [-0.25, -0.2) is 8.42 Å². The molecule has 19 heavy (non-hydrogen) atoms. The van der Waals surface area contributed by atoms with Crippen molar-refractivity contribution in [3.8, 4) is 0 Å². The number of nitrogens with zero attached hydrogens (tertiary/aromatic N) is 1. The topological polar surface area (TPSA) is 63.4 Å². The standard InChI is InChI=1S/C13H19IN2O2S/c1-10-6-7-16(9-11(10)8-15)19(17,18)13-4-2-12(14)3-5-13/h2-5,10-11H,6-9,15H2,1H3. The zero-order valence-electron chi connectivity index (χ0n) is 10.9. The minimum absolute atomic E-state index is 0.257. The molecule has 0 spiro atoms. The van der Waals surface area contributed by atoms with Crippen molar-refractivity contribution in [3.05, 3.63) is 27.8 Å². The molecule has 1 saturated heterocycles. The van der Waals surface area contributed by atoms with Crippen LogP contribution in [0.1, 0.15) is 13.3 Å². The van der Waals surface area contributed by atoms with E-state index in [1.807, 2.05) is 12.1 Å². The number of piperidine rings is 1. The number of halogens is 1. The molecule has 0 bridgehead atoms. The van der Waals surface area contributed by atoms with E-state index < -0.39 is 10.0 Å². The quantitative estimate of drug-likeness (QED) is 0.797. The number of sulfonamides is 1. The summed E-state index contributed by atoms with van der Waals surface area (Å²) in [6.45, 7) is 3.81. The van der Waals surface area contributed by atoms with Crippen LogP contribution < -0.4 is 5.73 Å². The minimum Gasteiger partial charge on any atom is -0.330 e. The van der Waals surface area contributed by atoms with E-state index in [2.05, 4.69) is 29.5 Å². The van der Waals surface area contributed by atoms with Crippen molar-refractivity contribution in [2.45, 2.75) is 18.2 Å². The van der Waals surface area contributed by atoms with Crippen LogP contribution in [0, 0.1) is 15.4 Å². The molecule has 2 unspecified atom stereocenters. The lowest BCUT2D eigenvalue weighted by molar-refractivity contribution is 0.203. The molecular weight excluding hydrogens is 375 g/mol. The summed E-state index contributed by atoms with van der Waals surface area (Å²) in [5, 5.41) is 0. The maximum Gasteiger partial charge on any atom is 0.243 e. The van der Waals surface area contributed by atoms with Crippen LogP contribution in [-0.2, 0) is 10.0 Å². The number of benzene rings is 1. The third-order valence-electron chi connectivity index (χ3n) is 3.83. The molecule has 0 aliphatic carbocycles. The second kappa shape index (κ2) is 6.07. The molecule has 0 amide bonds. The van der Waals surface area contributed by atoms with Crippen LogP contribution in [0.5, 0.6) is 0 Å². The van der Waals surface area contributed by atoms with E-state index in [0.29, 0.717) is 30.4 Å². The zero-order valence-corrected chi connectivity index (χ0v) is 13.9. The molecule has 0 saturated carbocycles. The van der Waals surface area contributed by atoms with Gasteiger partial charge in [0.2, 0.25) is 10.0 Å². The summed E-state index contributed by atoms with van der Waals surface area (Å²) in [7, 11) is -3.37. The van der Waals surface area contributed by atoms with Gasteiger partial charge in [0.1, 0.15) is 0 Å². The average molecular weight is 394 g/mol. The van der Waals surface area contributed by atoms with Crippen molar-refractivity contribution in [1.82, 2.24) is 4.31 Å². The van der Waals surface area contributed by atoms with E-state index in [9.17, 15) is 8.42 Å². The van der Waals surface area contributed by atoms with E-state index in [-0.39, 0.29) is 5.92 Å². The highest BCUT2D eigenvalue weighted by atomic mass is 127. The Morgan fingerprint density at radius 1 is 1.37 bits per heavy atom. The molecule has 1 aliphatic rings. The summed E-state index contributed by atoms with van der Waals surface area (Å²) in [6, 6.07) is 6.99. The van der Waals surface area contributed by atoms with Gasteiger partial charge >= 0.3 is 0 Å². The lowest BCUT2D eigenvalue weighted by Crippen LogP contribution is -2.45. The minimum atomic E-state index is -3.37. The Hall–Kier alpha value is -0.180. The second-order valence-electron chi connectivity index (χ2n) is 5.08. The first kappa shape index (κ1) is 15.2. The van der Waals surface area contributed by atoms with Crippen molar-refractivity contribution in [3.63, 3.8) is 0 Å².